The van der Waals surface area contributed by atoms with E-state index in [1.54, 1.807) is 0 Å². The van der Waals surface area contributed by atoms with Crippen molar-refractivity contribution < 1.29 is 14.2 Å². The zero-order valence-corrected chi connectivity index (χ0v) is 31.3. The van der Waals surface area contributed by atoms with Crippen molar-refractivity contribution in [2.75, 3.05) is 0 Å². The van der Waals surface area contributed by atoms with Crippen LogP contribution < -0.4 is 14.2 Å². The highest BCUT2D eigenvalue weighted by Gasteiger charge is 2.28. The fourth-order valence-corrected chi connectivity index (χ4v) is 7.42. The predicted molar refractivity (Wildman–Crippen MR) is 232 cm³/mol. The summed E-state index contributed by atoms with van der Waals surface area (Å²) in [5.74, 6) is 4.84. The van der Waals surface area contributed by atoms with Gasteiger partial charge in [-0.1, -0.05) is 158 Å². The Kier molecular flexibility index (Phi) is 10.3. The van der Waals surface area contributed by atoms with E-state index in [2.05, 4.69) is 115 Å². The second kappa shape index (κ2) is 16.6. The summed E-state index contributed by atoms with van der Waals surface area (Å²) in [4.78, 5) is 0. The van der Waals surface area contributed by atoms with Gasteiger partial charge in [0.25, 0.3) is 0 Å². The van der Waals surface area contributed by atoms with Crippen LogP contribution in [0.2, 0.25) is 0 Å². The van der Waals surface area contributed by atoms with Gasteiger partial charge in [-0.05, 0) is 112 Å². The number of rotatable bonds is 12. The number of hydrogen-bond donors (Lipinski definition) is 0. The van der Waals surface area contributed by atoms with E-state index in [9.17, 15) is 0 Å². The summed E-state index contributed by atoms with van der Waals surface area (Å²) in [5.41, 5.74) is 9.19. The van der Waals surface area contributed by atoms with Gasteiger partial charge in [-0.2, -0.15) is 0 Å². The molecule has 0 saturated heterocycles. The molecule has 9 rings (SSSR count). The molecule has 2 unspecified atom stereocenters. The molecule has 8 aromatic carbocycles. The van der Waals surface area contributed by atoms with Crippen molar-refractivity contribution in [2.45, 2.75) is 5.92 Å². The second-order valence-electron chi connectivity index (χ2n) is 14.1. The Morgan fingerprint density at radius 3 is 1.33 bits per heavy atom. The Morgan fingerprint density at radius 2 is 0.772 bits per heavy atom. The highest BCUT2D eigenvalue weighted by atomic mass is 16.5. The van der Waals surface area contributed by atoms with Gasteiger partial charge in [0.2, 0.25) is 0 Å². The van der Waals surface area contributed by atoms with Crippen molar-refractivity contribution in [3.63, 3.8) is 0 Å². The lowest BCUT2D eigenvalue weighted by molar-refractivity contribution is 0.469. The average Bonchev–Trinajstić information content (AvgIpc) is 3.76. The average molecular weight is 737 g/mol. The molecule has 0 amide bonds. The molecule has 3 heteroatoms. The number of benzene rings is 8. The molecule has 274 valence electrons. The van der Waals surface area contributed by atoms with Gasteiger partial charge in [-0.3, -0.25) is 0 Å². The summed E-state index contributed by atoms with van der Waals surface area (Å²) in [5, 5.41) is 0. The zero-order chi connectivity index (χ0) is 38.2. The quantitative estimate of drug-likeness (QED) is 0.125. The third kappa shape index (κ3) is 8.34. The van der Waals surface area contributed by atoms with Crippen molar-refractivity contribution in [2.24, 2.45) is 5.92 Å². The largest absolute Gasteiger partial charge is 0.457 e. The van der Waals surface area contributed by atoms with Crippen LogP contribution >= 0.6 is 0 Å². The van der Waals surface area contributed by atoms with Crippen molar-refractivity contribution in [3.05, 3.63) is 247 Å². The highest BCUT2D eigenvalue weighted by Crippen LogP contribution is 2.45. The van der Waals surface area contributed by atoms with Crippen LogP contribution in [0.3, 0.4) is 0 Å². The van der Waals surface area contributed by atoms with Gasteiger partial charge in [0.1, 0.15) is 34.5 Å². The Bertz CT molecular complexity index is 2600. The third-order valence-corrected chi connectivity index (χ3v) is 10.3. The highest BCUT2D eigenvalue weighted by molar-refractivity contribution is 5.78. The molecule has 0 heterocycles. The molecule has 0 N–H and O–H groups in total. The lowest BCUT2D eigenvalue weighted by Gasteiger charge is -2.26. The Morgan fingerprint density at radius 1 is 0.351 bits per heavy atom. The molecule has 57 heavy (non-hydrogen) atoms. The molecule has 8 aromatic rings. The molecule has 0 aliphatic heterocycles. The zero-order valence-electron chi connectivity index (χ0n) is 31.3. The summed E-state index contributed by atoms with van der Waals surface area (Å²) in [6, 6.07) is 72.6. The topological polar surface area (TPSA) is 27.7 Å². The molecule has 0 saturated carbocycles. The Hall–Kier alpha value is -7.36. The monoisotopic (exact) mass is 736 g/mol. The summed E-state index contributed by atoms with van der Waals surface area (Å²) in [6.45, 7) is 0. The Labute approximate surface area is 334 Å². The molecule has 3 nitrogen and oxygen atoms in total. The maximum absolute atomic E-state index is 6.74. The van der Waals surface area contributed by atoms with E-state index in [-0.39, 0.29) is 11.8 Å². The fourth-order valence-electron chi connectivity index (χ4n) is 7.42. The van der Waals surface area contributed by atoms with Crippen LogP contribution in [0, 0.1) is 5.92 Å². The molecule has 0 fully saturated rings. The van der Waals surface area contributed by atoms with Crippen molar-refractivity contribution in [1.82, 2.24) is 0 Å². The third-order valence-electron chi connectivity index (χ3n) is 10.3. The minimum Gasteiger partial charge on any atom is -0.457 e. The van der Waals surface area contributed by atoms with Gasteiger partial charge in [-0.25, -0.2) is 0 Å². The van der Waals surface area contributed by atoms with Crippen molar-refractivity contribution >= 4 is 5.57 Å². The standard InChI is InChI=1S/C54H40O3/c1-5-13-39(14-6-1)40-21-23-43(24-22-40)54(46-26-25-44(37-46)41-27-32-50(33-28-41)55-47-15-7-2-8-16-47)52-38-45(31-36-53(52)57-49-19-11-4-12-20-49)42-29-34-51(35-30-42)56-48-17-9-3-10-18-48/h1-38,46,54H. The van der Waals surface area contributed by atoms with E-state index in [4.69, 9.17) is 14.2 Å². The van der Waals surface area contributed by atoms with Gasteiger partial charge >= 0.3 is 0 Å². The molecular weight excluding hydrogens is 697 g/mol. The van der Waals surface area contributed by atoms with Crippen LogP contribution in [0.5, 0.6) is 34.5 Å². The van der Waals surface area contributed by atoms with Crippen LogP contribution in [0.1, 0.15) is 22.6 Å². The first-order chi connectivity index (χ1) is 28.2. The summed E-state index contributed by atoms with van der Waals surface area (Å²) in [6.07, 6.45) is 6.96. The molecule has 1 aliphatic rings. The maximum Gasteiger partial charge on any atom is 0.131 e. The summed E-state index contributed by atoms with van der Waals surface area (Å²) < 4.78 is 19.0. The number of allylic oxidation sites excluding steroid dienone is 4. The maximum atomic E-state index is 6.74. The first-order valence-electron chi connectivity index (χ1n) is 19.3. The van der Waals surface area contributed by atoms with Gasteiger partial charge in [0.05, 0.1) is 0 Å². The van der Waals surface area contributed by atoms with Crippen LogP contribution in [0.15, 0.2) is 231 Å². The van der Waals surface area contributed by atoms with E-state index in [0.29, 0.717) is 0 Å². The molecule has 0 aromatic heterocycles. The molecular formula is C54H40O3. The van der Waals surface area contributed by atoms with E-state index in [1.165, 1.54) is 22.3 Å². The first-order valence-corrected chi connectivity index (χ1v) is 19.3. The molecule has 0 bridgehead atoms. The fraction of sp³-hybridized carbons (Fsp3) is 0.0370. The van der Waals surface area contributed by atoms with Crippen LogP contribution in [0.25, 0.3) is 27.8 Å². The molecule has 1 aliphatic carbocycles. The SMILES string of the molecule is C1=CC(C(c2ccc(-c3ccccc3)cc2)c2cc(-c3ccc(Oc4ccccc4)cc3)ccc2Oc2ccccc2)C=C1c1ccc(Oc2ccccc2)cc1. The van der Waals surface area contributed by atoms with E-state index < -0.39 is 0 Å². The summed E-state index contributed by atoms with van der Waals surface area (Å²) in [7, 11) is 0. The van der Waals surface area contributed by atoms with Crippen molar-refractivity contribution in [3.8, 4) is 56.8 Å². The normalized spacial score (nSPS) is 13.8. The van der Waals surface area contributed by atoms with E-state index >= 15 is 0 Å². The van der Waals surface area contributed by atoms with Gasteiger partial charge in [0, 0.05) is 17.4 Å². The van der Waals surface area contributed by atoms with E-state index in [0.717, 1.165) is 56.8 Å². The minimum absolute atomic E-state index is 0.0522. The van der Waals surface area contributed by atoms with Crippen LogP contribution in [-0.2, 0) is 0 Å². The Balaban J connectivity index is 1.10. The summed E-state index contributed by atoms with van der Waals surface area (Å²) >= 11 is 0. The van der Waals surface area contributed by atoms with Crippen molar-refractivity contribution in [1.29, 1.82) is 0 Å². The number of para-hydroxylation sites is 3. The number of ether oxygens (including phenoxy) is 3. The van der Waals surface area contributed by atoms with Gasteiger partial charge < -0.3 is 14.2 Å². The molecule has 0 radical (unpaired) electrons. The van der Waals surface area contributed by atoms with Crippen LogP contribution in [0.4, 0.5) is 0 Å². The second-order valence-corrected chi connectivity index (χ2v) is 14.1. The lowest BCUT2D eigenvalue weighted by atomic mass is 9.79. The first kappa shape index (κ1) is 35.3. The van der Waals surface area contributed by atoms with E-state index in [1.807, 2.05) is 115 Å². The minimum atomic E-state index is -0.0522. The molecule has 2 atom stereocenters. The van der Waals surface area contributed by atoms with Crippen LogP contribution in [-0.4, -0.2) is 0 Å². The van der Waals surface area contributed by atoms with Gasteiger partial charge in [0.15, 0.2) is 0 Å². The molecule has 0 spiro atoms. The lowest BCUT2D eigenvalue weighted by Crippen LogP contribution is -2.11. The smallest absolute Gasteiger partial charge is 0.131 e. The predicted octanol–water partition coefficient (Wildman–Crippen LogP) is 14.8. The van der Waals surface area contributed by atoms with Gasteiger partial charge in [-0.15, -0.1) is 0 Å². The number of hydrogen-bond acceptors (Lipinski definition) is 3.